The van der Waals surface area contributed by atoms with Crippen molar-refractivity contribution in [2.75, 3.05) is 26.2 Å². The van der Waals surface area contributed by atoms with Crippen LogP contribution in [0.5, 0.6) is 0 Å². The zero-order chi connectivity index (χ0) is 18.4. The van der Waals surface area contributed by atoms with Crippen molar-refractivity contribution < 1.29 is 5.11 Å². The fourth-order valence-electron chi connectivity index (χ4n) is 2.65. The van der Waals surface area contributed by atoms with Gasteiger partial charge in [0, 0.05) is 19.7 Å². The number of hydrogen-bond acceptors (Lipinski definition) is 2. The highest BCUT2D eigenvalue weighted by molar-refractivity contribution is 5.25. The lowest BCUT2D eigenvalue weighted by molar-refractivity contribution is 0.259. The van der Waals surface area contributed by atoms with Gasteiger partial charge < -0.3 is 5.11 Å². The number of rotatable bonds is 15. The molecule has 0 heterocycles. The minimum Gasteiger partial charge on any atom is -0.396 e. The lowest BCUT2D eigenvalue weighted by Crippen LogP contribution is -2.30. The van der Waals surface area contributed by atoms with Crippen molar-refractivity contribution in [3.05, 3.63) is 48.6 Å². The summed E-state index contributed by atoms with van der Waals surface area (Å²) in [7, 11) is 0. The monoisotopic (exact) mass is 333 g/mol. The Bertz CT molecular complexity index is 408. The van der Waals surface area contributed by atoms with Gasteiger partial charge in [-0.3, -0.25) is 4.90 Å². The van der Waals surface area contributed by atoms with Gasteiger partial charge in [0.15, 0.2) is 0 Å². The van der Waals surface area contributed by atoms with E-state index in [0.717, 1.165) is 45.3 Å². The van der Waals surface area contributed by atoms with E-state index in [1.807, 2.05) is 6.08 Å². The normalized spacial score (nSPS) is 13.1. The predicted molar refractivity (Wildman–Crippen MR) is 108 cm³/mol. The van der Waals surface area contributed by atoms with Crippen molar-refractivity contribution >= 4 is 0 Å². The summed E-state index contributed by atoms with van der Waals surface area (Å²) in [5.74, 6) is 0.475. The minimum absolute atomic E-state index is 0.309. The van der Waals surface area contributed by atoms with E-state index < -0.39 is 0 Å². The van der Waals surface area contributed by atoms with Crippen LogP contribution in [0.1, 0.15) is 59.3 Å². The van der Waals surface area contributed by atoms with E-state index in [-0.39, 0.29) is 0 Å². The molecule has 1 atom stereocenters. The number of aliphatic hydroxyl groups is 1. The maximum Gasteiger partial charge on any atom is 0.0431 e. The fourth-order valence-corrected chi connectivity index (χ4v) is 2.65. The van der Waals surface area contributed by atoms with Gasteiger partial charge in [0.05, 0.1) is 0 Å². The summed E-state index contributed by atoms with van der Waals surface area (Å²) in [5.41, 5.74) is 3.79. The van der Waals surface area contributed by atoms with Crippen LogP contribution in [0.15, 0.2) is 48.6 Å². The summed E-state index contributed by atoms with van der Waals surface area (Å²) in [5, 5.41) is 8.88. The quantitative estimate of drug-likeness (QED) is 0.242. The molecule has 0 aromatic rings. The van der Waals surface area contributed by atoms with E-state index in [2.05, 4.69) is 51.5 Å². The van der Waals surface area contributed by atoms with E-state index in [0.29, 0.717) is 12.5 Å². The standard InChI is InChI=1S/C22H39NO/c1-7-13-20(4)22(6)18-23(15-11-9-10-12-17-24)16-14-21(5)19(3)8-2/h7,14,22,24H,1,3-4,8-13,15-18H2,2,5-6H3/b21-14+. The van der Waals surface area contributed by atoms with Crippen LogP contribution in [0, 0.1) is 5.92 Å². The van der Waals surface area contributed by atoms with Gasteiger partial charge in [-0.1, -0.05) is 68.7 Å². The van der Waals surface area contributed by atoms with Crippen molar-refractivity contribution in [3.8, 4) is 0 Å². The van der Waals surface area contributed by atoms with Gasteiger partial charge in [-0.2, -0.15) is 0 Å². The second-order valence-corrected chi connectivity index (χ2v) is 6.79. The molecule has 0 aromatic carbocycles. The molecule has 0 aromatic heterocycles. The van der Waals surface area contributed by atoms with Crippen LogP contribution in [0.4, 0.5) is 0 Å². The second kappa shape index (κ2) is 14.2. The molecule has 0 bridgehead atoms. The Morgan fingerprint density at radius 2 is 1.83 bits per heavy atom. The van der Waals surface area contributed by atoms with Crippen LogP contribution < -0.4 is 0 Å². The molecule has 24 heavy (non-hydrogen) atoms. The molecule has 2 nitrogen and oxygen atoms in total. The van der Waals surface area contributed by atoms with Crippen molar-refractivity contribution in [1.29, 1.82) is 0 Å². The molecule has 0 aliphatic rings. The lowest BCUT2D eigenvalue weighted by Gasteiger charge is -2.26. The number of hydrogen-bond donors (Lipinski definition) is 1. The minimum atomic E-state index is 0.309. The Labute approximate surface area is 150 Å². The van der Waals surface area contributed by atoms with Crippen molar-refractivity contribution in [2.24, 2.45) is 5.92 Å². The van der Waals surface area contributed by atoms with E-state index in [9.17, 15) is 0 Å². The summed E-state index contributed by atoms with van der Waals surface area (Å²) >= 11 is 0. The van der Waals surface area contributed by atoms with Crippen LogP contribution in [0.3, 0.4) is 0 Å². The van der Waals surface area contributed by atoms with Gasteiger partial charge in [0.25, 0.3) is 0 Å². The molecule has 0 saturated carbocycles. The second-order valence-electron chi connectivity index (χ2n) is 6.79. The highest BCUT2D eigenvalue weighted by atomic mass is 16.2. The average molecular weight is 334 g/mol. The number of nitrogens with zero attached hydrogens (tertiary/aromatic N) is 1. The first-order chi connectivity index (χ1) is 11.5. The van der Waals surface area contributed by atoms with E-state index >= 15 is 0 Å². The number of aliphatic hydroxyl groups excluding tert-OH is 1. The third kappa shape index (κ3) is 10.6. The topological polar surface area (TPSA) is 23.5 Å². The maximum absolute atomic E-state index is 8.88. The molecule has 1 unspecified atom stereocenters. The Morgan fingerprint density at radius 1 is 1.17 bits per heavy atom. The average Bonchev–Trinajstić information content (AvgIpc) is 2.58. The third-order valence-corrected chi connectivity index (χ3v) is 4.66. The number of unbranched alkanes of at least 4 members (excludes halogenated alkanes) is 3. The highest BCUT2D eigenvalue weighted by Gasteiger charge is 2.11. The van der Waals surface area contributed by atoms with Crippen LogP contribution in [0.25, 0.3) is 0 Å². The third-order valence-electron chi connectivity index (χ3n) is 4.66. The van der Waals surface area contributed by atoms with Gasteiger partial charge in [-0.05, 0) is 45.1 Å². The Morgan fingerprint density at radius 3 is 2.42 bits per heavy atom. The zero-order valence-electron chi connectivity index (χ0n) is 16.3. The van der Waals surface area contributed by atoms with Gasteiger partial charge in [-0.25, -0.2) is 0 Å². The molecule has 0 radical (unpaired) electrons. The lowest BCUT2D eigenvalue weighted by atomic mass is 9.99. The molecular weight excluding hydrogens is 294 g/mol. The van der Waals surface area contributed by atoms with Crippen LogP contribution in [-0.2, 0) is 0 Å². The summed E-state index contributed by atoms with van der Waals surface area (Å²) in [4.78, 5) is 2.52. The van der Waals surface area contributed by atoms with Crippen LogP contribution in [0.2, 0.25) is 0 Å². The summed E-state index contributed by atoms with van der Waals surface area (Å²) in [6.07, 6.45) is 10.6. The van der Waals surface area contributed by atoms with Gasteiger partial charge in [0.1, 0.15) is 0 Å². The molecule has 1 N–H and O–H groups in total. The van der Waals surface area contributed by atoms with Gasteiger partial charge in [-0.15, -0.1) is 6.58 Å². The summed E-state index contributed by atoms with van der Waals surface area (Å²) in [6.45, 7) is 22.1. The Kier molecular flexibility index (Phi) is 13.6. The SMILES string of the molecule is C=CCC(=C)C(C)CN(C/C=C(\C)C(=C)CC)CCCCCCO. The number of allylic oxidation sites excluding steroid dienone is 3. The molecule has 0 amide bonds. The molecular formula is C22H39NO. The Balaban J connectivity index is 4.60. The van der Waals surface area contributed by atoms with Crippen LogP contribution >= 0.6 is 0 Å². The maximum atomic E-state index is 8.88. The smallest absolute Gasteiger partial charge is 0.0431 e. The van der Waals surface area contributed by atoms with E-state index in [1.54, 1.807) is 0 Å². The van der Waals surface area contributed by atoms with Crippen LogP contribution in [-0.4, -0.2) is 36.2 Å². The Hall–Kier alpha value is -1.12. The van der Waals surface area contributed by atoms with Gasteiger partial charge in [0.2, 0.25) is 0 Å². The zero-order valence-corrected chi connectivity index (χ0v) is 16.3. The molecule has 138 valence electrons. The summed E-state index contributed by atoms with van der Waals surface area (Å²) < 4.78 is 0. The van der Waals surface area contributed by atoms with Crippen molar-refractivity contribution in [2.45, 2.75) is 59.3 Å². The molecule has 0 fully saturated rings. The first-order valence-corrected chi connectivity index (χ1v) is 9.42. The molecule has 0 spiro atoms. The molecule has 0 saturated heterocycles. The first kappa shape index (κ1) is 22.9. The highest BCUT2D eigenvalue weighted by Crippen LogP contribution is 2.16. The predicted octanol–water partition coefficient (Wildman–Crippen LogP) is 5.52. The molecule has 0 aliphatic heterocycles. The van der Waals surface area contributed by atoms with Crippen molar-refractivity contribution in [3.63, 3.8) is 0 Å². The molecule has 0 aliphatic carbocycles. The van der Waals surface area contributed by atoms with E-state index in [1.165, 1.54) is 29.6 Å². The molecule has 0 rings (SSSR count). The largest absolute Gasteiger partial charge is 0.396 e. The first-order valence-electron chi connectivity index (χ1n) is 9.42. The summed E-state index contributed by atoms with van der Waals surface area (Å²) in [6, 6.07) is 0. The van der Waals surface area contributed by atoms with E-state index in [4.69, 9.17) is 5.11 Å². The fraction of sp³-hybridized carbons (Fsp3) is 0.636. The van der Waals surface area contributed by atoms with Crippen molar-refractivity contribution in [1.82, 2.24) is 4.90 Å². The molecule has 2 heteroatoms. The van der Waals surface area contributed by atoms with Gasteiger partial charge >= 0.3 is 0 Å².